The lowest BCUT2D eigenvalue weighted by Gasteiger charge is -2.32. The lowest BCUT2D eigenvalue weighted by Crippen LogP contribution is -2.51. The number of nitriles is 1. The van der Waals surface area contributed by atoms with E-state index in [1.165, 1.54) is 5.56 Å². The Hall–Kier alpha value is -1.86. The van der Waals surface area contributed by atoms with E-state index in [0.717, 1.165) is 45.2 Å². The number of carbonyl (C=O) groups excluding carboxylic acids is 1. The molecule has 3 rings (SSSR count). The third kappa shape index (κ3) is 4.36. The topological polar surface area (TPSA) is 56.1 Å². The van der Waals surface area contributed by atoms with E-state index >= 15 is 0 Å². The smallest absolute Gasteiger partial charge is 0.235 e. The Balaban J connectivity index is 1.42. The largest absolute Gasteiger partial charge is 0.337 e. The summed E-state index contributed by atoms with van der Waals surface area (Å²) in [5, 5.41) is 12.3. The number of nitrogens with one attached hydrogen (secondary N) is 1. The number of rotatable bonds is 6. The van der Waals surface area contributed by atoms with Gasteiger partial charge in [-0.25, -0.2) is 0 Å². The molecular formula is C20H27N3O. The molecular weight excluding hydrogens is 298 g/mol. The molecule has 0 unspecified atom stereocenters. The SMILES string of the molecule is C[C@](C#N)(NC(=O)CN1CCC(Cc2ccccc2)CC1)C1CC1. The van der Waals surface area contributed by atoms with E-state index in [1.54, 1.807) is 0 Å². The van der Waals surface area contributed by atoms with E-state index in [-0.39, 0.29) is 5.91 Å². The van der Waals surface area contributed by atoms with E-state index in [4.69, 9.17) is 0 Å². The third-order valence-electron chi connectivity index (χ3n) is 5.47. The van der Waals surface area contributed by atoms with Crippen molar-refractivity contribution in [2.24, 2.45) is 11.8 Å². The predicted octanol–water partition coefficient (Wildman–Crippen LogP) is 2.75. The first-order chi connectivity index (χ1) is 11.6. The molecule has 1 aromatic rings. The minimum absolute atomic E-state index is 0.00698. The highest BCUT2D eigenvalue weighted by atomic mass is 16.2. The zero-order valence-electron chi connectivity index (χ0n) is 14.5. The first kappa shape index (κ1) is 17.0. The number of amides is 1. The minimum atomic E-state index is -0.678. The van der Waals surface area contributed by atoms with Gasteiger partial charge in [-0.05, 0) is 69.5 Å². The molecule has 1 aromatic carbocycles. The van der Waals surface area contributed by atoms with Crippen LogP contribution in [0.15, 0.2) is 30.3 Å². The van der Waals surface area contributed by atoms with Crippen LogP contribution in [0.3, 0.4) is 0 Å². The van der Waals surface area contributed by atoms with Crippen LogP contribution in [0.25, 0.3) is 0 Å². The summed E-state index contributed by atoms with van der Waals surface area (Å²) in [6, 6.07) is 12.9. The second-order valence-electron chi connectivity index (χ2n) is 7.55. The molecule has 1 aliphatic heterocycles. The molecule has 0 radical (unpaired) electrons. The van der Waals surface area contributed by atoms with E-state index in [9.17, 15) is 10.1 Å². The average molecular weight is 325 g/mol. The molecule has 2 fully saturated rings. The van der Waals surface area contributed by atoms with Gasteiger partial charge in [-0.15, -0.1) is 0 Å². The molecule has 1 aliphatic carbocycles. The third-order valence-corrected chi connectivity index (χ3v) is 5.47. The van der Waals surface area contributed by atoms with Gasteiger partial charge in [0, 0.05) is 0 Å². The van der Waals surface area contributed by atoms with Gasteiger partial charge < -0.3 is 5.32 Å². The van der Waals surface area contributed by atoms with Crippen LogP contribution in [-0.2, 0) is 11.2 Å². The maximum absolute atomic E-state index is 12.3. The Morgan fingerprint density at radius 2 is 1.92 bits per heavy atom. The molecule has 1 heterocycles. The summed E-state index contributed by atoms with van der Waals surface area (Å²) in [4.78, 5) is 14.5. The molecule has 4 heteroatoms. The van der Waals surface area contributed by atoms with Crippen molar-refractivity contribution in [1.29, 1.82) is 5.26 Å². The predicted molar refractivity (Wildman–Crippen MR) is 94.2 cm³/mol. The molecule has 0 spiro atoms. The molecule has 1 saturated carbocycles. The Bertz CT molecular complexity index is 597. The van der Waals surface area contributed by atoms with Crippen molar-refractivity contribution in [2.45, 2.75) is 44.6 Å². The van der Waals surface area contributed by atoms with Crippen LogP contribution in [0.5, 0.6) is 0 Å². The van der Waals surface area contributed by atoms with Gasteiger partial charge in [0.05, 0.1) is 12.6 Å². The van der Waals surface area contributed by atoms with E-state index < -0.39 is 5.54 Å². The van der Waals surface area contributed by atoms with E-state index in [1.807, 2.05) is 6.92 Å². The summed E-state index contributed by atoms with van der Waals surface area (Å²) in [5.74, 6) is 1.04. The normalized spacial score (nSPS) is 21.7. The van der Waals surface area contributed by atoms with Crippen LogP contribution in [-0.4, -0.2) is 36.0 Å². The van der Waals surface area contributed by atoms with Gasteiger partial charge in [-0.2, -0.15) is 5.26 Å². The van der Waals surface area contributed by atoms with Crippen LogP contribution in [0, 0.1) is 23.2 Å². The summed E-state index contributed by atoms with van der Waals surface area (Å²) in [6.07, 6.45) is 5.51. The number of nitrogens with zero attached hydrogens (tertiary/aromatic N) is 2. The summed E-state index contributed by atoms with van der Waals surface area (Å²) < 4.78 is 0. The maximum Gasteiger partial charge on any atom is 0.235 e. The van der Waals surface area contributed by atoms with Crippen molar-refractivity contribution in [1.82, 2.24) is 10.2 Å². The van der Waals surface area contributed by atoms with Crippen LogP contribution < -0.4 is 5.32 Å². The Labute approximate surface area is 144 Å². The fourth-order valence-corrected chi connectivity index (χ4v) is 3.71. The second-order valence-corrected chi connectivity index (χ2v) is 7.55. The van der Waals surface area contributed by atoms with Gasteiger partial charge in [0.25, 0.3) is 0 Å². The van der Waals surface area contributed by atoms with Gasteiger partial charge >= 0.3 is 0 Å². The quantitative estimate of drug-likeness (QED) is 0.875. The highest BCUT2D eigenvalue weighted by molar-refractivity contribution is 5.79. The van der Waals surface area contributed by atoms with Crippen LogP contribution >= 0.6 is 0 Å². The second kappa shape index (κ2) is 7.36. The number of carbonyl (C=O) groups is 1. The number of hydrogen-bond acceptors (Lipinski definition) is 3. The van der Waals surface area contributed by atoms with Gasteiger partial charge in [0.1, 0.15) is 5.54 Å². The van der Waals surface area contributed by atoms with Crippen molar-refractivity contribution in [3.8, 4) is 6.07 Å². The van der Waals surface area contributed by atoms with Crippen LogP contribution in [0.4, 0.5) is 0 Å². The van der Waals surface area contributed by atoms with Crippen molar-refractivity contribution < 1.29 is 4.79 Å². The summed E-state index contributed by atoms with van der Waals surface area (Å²) in [7, 11) is 0. The summed E-state index contributed by atoms with van der Waals surface area (Å²) >= 11 is 0. The lowest BCUT2D eigenvalue weighted by molar-refractivity contribution is -0.124. The molecule has 0 aromatic heterocycles. The van der Waals surface area contributed by atoms with Gasteiger partial charge in [0.15, 0.2) is 0 Å². The van der Waals surface area contributed by atoms with Crippen LogP contribution in [0.1, 0.15) is 38.2 Å². The minimum Gasteiger partial charge on any atom is -0.337 e. The molecule has 2 aliphatic rings. The maximum atomic E-state index is 12.3. The summed E-state index contributed by atoms with van der Waals surface area (Å²) in [6.45, 7) is 4.21. The van der Waals surface area contributed by atoms with Crippen molar-refractivity contribution in [3.63, 3.8) is 0 Å². The van der Waals surface area contributed by atoms with Crippen molar-refractivity contribution >= 4 is 5.91 Å². The number of piperidine rings is 1. The fourth-order valence-electron chi connectivity index (χ4n) is 3.71. The Morgan fingerprint density at radius 3 is 2.50 bits per heavy atom. The molecule has 0 bridgehead atoms. The van der Waals surface area contributed by atoms with E-state index in [0.29, 0.717) is 18.4 Å². The van der Waals surface area contributed by atoms with Gasteiger partial charge in [-0.1, -0.05) is 30.3 Å². The molecule has 1 amide bonds. The number of benzene rings is 1. The number of hydrogen-bond donors (Lipinski definition) is 1. The molecule has 1 saturated heterocycles. The molecule has 128 valence electrons. The molecule has 24 heavy (non-hydrogen) atoms. The molecule has 1 atom stereocenters. The first-order valence-corrected chi connectivity index (χ1v) is 9.07. The summed E-state index contributed by atoms with van der Waals surface area (Å²) in [5.41, 5.74) is 0.728. The van der Waals surface area contributed by atoms with Crippen LogP contribution in [0.2, 0.25) is 0 Å². The monoisotopic (exact) mass is 325 g/mol. The highest BCUT2D eigenvalue weighted by Crippen LogP contribution is 2.39. The average Bonchev–Trinajstić information content (AvgIpc) is 3.43. The van der Waals surface area contributed by atoms with Gasteiger partial charge in [-0.3, -0.25) is 9.69 Å². The van der Waals surface area contributed by atoms with Crippen molar-refractivity contribution in [3.05, 3.63) is 35.9 Å². The zero-order valence-corrected chi connectivity index (χ0v) is 14.5. The van der Waals surface area contributed by atoms with Crippen molar-refractivity contribution in [2.75, 3.05) is 19.6 Å². The lowest BCUT2D eigenvalue weighted by atomic mass is 9.90. The fraction of sp³-hybridized carbons (Fsp3) is 0.600. The first-order valence-electron chi connectivity index (χ1n) is 9.07. The Morgan fingerprint density at radius 1 is 1.25 bits per heavy atom. The highest BCUT2D eigenvalue weighted by Gasteiger charge is 2.43. The zero-order chi connectivity index (χ0) is 17.0. The standard InChI is InChI=1S/C20H27N3O/c1-20(15-21,18-7-8-18)22-19(24)14-23-11-9-17(10-12-23)13-16-5-3-2-4-6-16/h2-6,17-18H,7-14H2,1H3,(H,22,24)/t20-/m1/s1. The Kier molecular flexibility index (Phi) is 5.20. The van der Waals surface area contributed by atoms with Gasteiger partial charge in [0.2, 0.25) is 5.91 Å². The number of likely N-dealkylation sites (tertiary alicyclic amines) is 1. The molecule has 1 N–H and O–H groups in total. The van der Waals surface area contributed by atoms with E-state index in [2.05, 4.69) is 46.6 Å². The molecule has 4 nitrogen and oxygen atoms in total.